The maximum absolute atomic E-state index is 11.1. The summed E-state index contributed by atoms with van der Waals surface area (Å²) in [6.07, 6.45) is 2.43. The summed E-state index contributed by atoms with van der Waals surface area (Å²) >= 11 is 2.18. The number of ether oxygens (including phenoxy) is 1. The number of carbonyl (C=O) groups is 1. The molecule has 1 aromatic rings. The standard InChI is InChI=1S/C10H10INO2/c11-6-1-4-8(10(12)13)9(5-6)14-7-2-3-7/h1,4-5,7H,2-3H2,(H2,12,13). The molecule has 1 aliphatic carbocycles. The van der Waals surface area contributed by atoms with Gasteiger partial charge >= 0.3 is 0 Å². The molecule has 0 unspecified atom stereocenters. The minimum atomic E-state index is -0.433. The van der Waals surface area contributed by atoms with Gasteiger partial charge < -0.3 is 10.5 Å². The molecule has 2 rings (SSSR count). The monoisotopic (exact) mass is 303 g/mol. The van der Waals surface area contributed by atoms with E-state index >= 15 is 0 Å². The lowest BCUT2D eigenvalue weighted by molar-refractivity contribution is 0.0996. The normalized spacial score (nSPS) is 15.2. The van der Waals surface area contributed by atoms with E-state index in [1.165, 1.54) is 0 Å². The highest BCUT2D eigenvalue weighted by Gasteiger charge is 2.25. The summed E-state index contributed by atoms with van der Waals surface area (Å²) in [5.41, 5.74) is 5.71. The lowest BCUT2D eigenvalue weighted by atomic mass is 10.2. The molecule has 1 aromatic carbocycles. The van der Waals surface area contributed by atoms with Crippen molar-refractivity contribution in [3.05, 3.63) is 27.3 Å². The molecule has 3 nitrogen and oxygen atoms in total. The summed E-state index contributed by atoms with van der Waals surface area (Å²) in [5.74, 6) is 0.184. The molecule has 1 fully saturated rings. The maximum Gasteiger partial charge on any atom is 0.252 e. The number of nitrogens with two attached hydrogens (primary N) is 1. The lowest BCUT2D eigenvalue weighted by Gasteiger charge is -2.08. The highest BCUT2D eigenvalue weighted by molar-refractivity contribution is 14.1. The van der Waals surface area contributed by atoms with Gasteiger partial charge in [0.25, 0.3) is 5.91 Å². The molecule has 1 saturated carbocycles. The van der Waals surface area contributed by atoms with Crippen molar-refractivity contribution in [2.24, 2.45) is 5.73 Å². The quantitative estimate of drug-likeness (QED) is 0.868. The average molecular weight is 303 g/mol. The van der Waals surface area contributed by atoms with E-state index in [0.29, 0.717) is 11.3 Å². The highest BCUT2D eigenvalue weighted by atomic mass is 127. The number of benzene rings is 1. The Morgan fingerprint density at radius 3 is 2.79 bits per heavy atom. The van der Waals surface area contributed by atoms with Gasteiger partial charge in [-0.05, 0) is 53.6 Å². The van der Waals surface area contributed by atoms with Gasteiger partial charge in [-0.25, -0.2) is 0 Å². The third-order valence-corrected chi connectivity index (χ3v) is 2.70. The van der Waals surface area contributed by atoms with Gasteiger partial charge in [-0.3, -0.25) is 4.79 Å². The van der Waals surface area contributed by atoms with Crippen LogP contribution in [0.4, 0.5) is 0 Å². The molecule has 0 aliphatic heterocycles. The maximum atomic E-state index is 11.1. The van der Waals surface area contributed by atoms with Gasteiger partial charge in [0, 0.05) is 3.57 Å². The summed E-state index contributed by atoms with van der Waals surface area (Å²) < 4.78 is 6.64. The number of amides is 1. The molecule has 0 radical (unpaired) electrons. The largest absolute Gasteiger partial charge is 0.490 e. The fourth-order valence-electron chi connectivity index (χ4n) is 1.16. The molecule has 0 atom stereocenters. The zero-order valence-electron chi connectivity index (χ0n) is 7.50. The van der Waals surface area contributed by atoms with Crippen LogP contribution in [-0.2, 0) is 0 Å². The third-order valence-electron chi connectivity index (χ3n) is 2.03. The van der Waals surface area contributed by atoms with Crippen LogP contribution in [-0.4, -0.2) is 12.0 Å². The first kappa shape index (κ1) is 9.76. The molecular weight excluding hydrogens is 293 g/mol. The second-order valence-corrected chi connectivity index (χ2v) is 4.57. The Bertz CT molecular complexity index is 374. The minimum Gasteiger partial charge on any atom is -0.490 e. The SMILES string of the molecule is NC(=O)c1ccc(I)cc1OC1CC1. The van der Waals surface area contributed by atoms with Crippen LogP contribution in [0.2, 0.25) is 0 Å². The van der Waals surface area contributed by atoms with Crippen molar-refractivity contribution in [2.75, 3.05) is 0 Å². The van der Waals surface area contributed by atoms with Crippen LogP contribution in [0.25, 0.3) is 0 Å². The minimum absolute atomic E-state index is 0.284. The molecular formula is C10H10INO2. The average Bonchev–Trinajstić information content (AvgIpc) is 2.87. The topological polar surface area (TPSA) is 52.3 Å². The molecule has 1 amide bonds. The molecule has 0 saturated heterocycles. The van der Waals surface area contributed by atoms with Crippen molar-refractivity contribution >= 4 is 28.5 Å². The number of carbonyl (C=O) groups excluding carboxylic acids is 1. The molecule has 0 heterocycles. The predicted molar refractivity (Wildman–Crippen MR) is 61.3 cm³/mol. The zero-order chi connectivity index (χ0) is 10.1. The van der Waals surface area contributed by atoms with Crippen molar-refractivity contribution in [1.29, 1.82) is 0 Å². The molecule has 0 spiro atoms. The van der Waals surface area contributed by atoms with E-state index in [2.05, 4.69) is 22.6 Å². The number of hydrogen-bond donors (Lipinski definition) is 1. The molecule has 1 aliphatic rings. The van der Waals surface area contributed by atoms with Crippen LogP contribution in [0.5, 0.6) is 5.75 Å². The Kier molecular flexibility index (Phi) is 2.62. The molecule has 0 bridgehead atoms. The van der Waals surface area contributed by atoms with Gasteiger partial charge in [0.05, 0.1) is 11.7 Å². The molecule has 4 heteroatoms. The summed E-state index contributed by atoms with van der Waals surface area (Å²) in [6, 6.07) is 5.40. The van der Waals surface area contributed by atoms with E-state index in [4.69, 9.17) is 10.5 Å². The smallest absolute Gasteiger partial charge is 0.252 e. The number of hydrogen-bond acceptors (Lipinski definition) is 2. The van der Waals surface area contributed by atoms with Crippen LogP contribution in [0.1, 0.15) is 23.2 Å². The highest BCUT2D eigenvalue weighted by Crippen LogP contribution is 2.30. The van der Waals surface area contributed by atoms with Crippen molar-refractivity contribution < 1.29 is 9.53 Å². The van der Waals surface area contributed by atoms with Gasteiger partial charge in [-0.15, -0.1) is 0 Å². The van der Waals surface area contributed by atoms with E-state index in [-0.39, 0.29) is 6.10 Å². The second-order valence-electron chi connectivity index (χ2n) is 3.32. The van der Waals surface area contributed by atoms with Gasteiger partial charge in [0.15, 0.2) is 0 Å². The first-order valence-electron chi connectivity index (χ1n) is 4.43. The van der Waals surface area contributed by atoms with Crippen molar-refractivity contribution in [2.45, 2.75) is 18.9 Å². The predicted octanol–water partition coefficient (Wildman–Crippen LogP) is 1.93. The van der Waals surface area contributed by atoms with E-state index in [0.717, 1.165) is 16.4 Å². The third kappa shape index (κ3) is 2.17. The van der Waals surface area contributed by atoms with Crippen LogP contribution < -0.4 is 10.5 Å². The molecule has 14 heavy (non-hydrogen) atoms. The Labute approximate surface area is 95.8 Å². The fraction of sp³-hybridized carbons (Fsp3) is 0.300. The number of halogens is 1. The number of primary amides is 1. The Morgan fingerprint density at radius 2 is 2.21 bits per heavy atom. The second kappa shape index (κ2) is 3.76. The van der Waals surface area contributed by atoms with E-state index in [1.54, 1.807) is 6.07 Å². The Hall–Kier alpha value is -0.780. The van der Waals surface area contributed by atoms with Gasteiger partial charge in [-0.1, -0.05) is 0 Å². The van der Waals surface area contributed by atoms with Crippen LogP contribution >= 0.6 is 22.6 Å². The van der Waals surface area contributed by atoms with Crippen molar-refractivity contribution in [3.8, 4) is 5.75 Å². The van der Waals surface area contributed by atoms with E-state index < -0.39 is 5.91 Å². The van der Waals surface area contributed by atoms with Crippen LogP contribution in [0.3, 0.4) is 0 Å². The van der Waals surface area contributed by atoms with Gasteiger partial charge in [0.2, 0.25) is 0 Å². The van der Waals surface area contributed by atoms with Crippen molar-refractivity contribution in [1.82, 2.24) is 0 Å². The molecule has 74 valence electrons. The Morgan fingerprint density at radius 1 is 1.50 bits per heavy atom. The molecule has 0 aromatic heterocycles. The summed E-state index contributed by atoms with van der Waals surface area (Å²) in [7, 11) is 0. The van der Waals surface area contributed by atoms with E-state index in [1.807, 2.05) is 12.1 Å². The zero-order valence-corrected chi connectivity index (χ0v) is 9.65. The molecule has 2 N–H and O–H groups in total. The van der Waals surface area contributed by atoms with Crippen molar-refractivity contribution in [3.63, 3.8) is 0 Å². The van der Waals surface area contributed by atoms with Gasteiger partial charge in [-0.2, -0.15) is 0 Å². The summed E-state index contributed by atoms with van der Waals surface area (Å²) in [6.45, 7) is 0. The van der Waals surface area contributed by atoms with Crippen LogP contribution in [0, 0.1) is 3.57 Å². The Balaban J connectivity index is 2.31. The van der Waals surface area contributed by atoms with E-state index in [9.17, 15) is 4.79 Å². The summed E-state index contributed by atoms with van der Waals surface area (Å²) in [4.78, 5) is 11.1. The number of rotatable bonds is 3. The summed E-state index contributed by atoms with van der Waals surface area (Å²) in [5, 5.41) is 0. The first-order chi connectivity index (χ1) is 6.66. The lowest BCUT2D eigenvalue weighted by Crippen LogP contribution is -2.13. The first-order valence-corrected chi connectivity index (χ1v) is 5.50. The fourth-order valence-corrected chi connectivity index (χ4v) is 1.63. The van der Waals surface area contributed by atoms with Gasteiger partial charge in [0.1, 0.15) is 5.75 Å². The van der Waals surface area contributed by atoms with Crippen LogP contribution in [0.15, 0.2) is 18.2 Å².